The maximum Gasteiger partial charge on any atom is 0.104 e. The van der Waals surface area contributed by atoms with E-state index in [4.69, 9.17) is 0 Å². The van der Waals surface area contributed by atoms with Crippen LogP contribution in [0.25, 0.3) is 0 Å². The van der Waals surface area contributed by atoms with Gasteiger partial charge >= 0.3 is 0 Å². The monoisotopic (exact) mass is 607 g/mol. The summed E-state index contributed by atoms with van der Waals surface area (Å²) in [6.07, 6.45) is 46.9. The lowest BCUT2D eigenvalue weighted by Gasteiger charge is -2.39. The molecule has 0 spiro atoms. The van der Waals surface area contributed by atoms with Gasteiger partial charge in [-0.3, -0.25) is 0 Å². The number of benzene rings is 1. The molecular weight excluding hydrogens is 530 g/mol. The number of rotatable bonds is 32. The Labute approximate surface area is 277 Å². The van der Waals surface area contributed by atoms with Crippen LogP contribution in [0.3, 0.4) is 0 Å². The second kappa shape index (κ2) is 31.4. The summed E-state index contributed by atoms with van der Waals surface area (Å²) in [4.78, 5) is 0. The van der Waals surface area contributed by atoms with Gasteiger partial charge in [-0.1, -0.05) is 145 Å². The number of hydrogen-bond acceptors (Lipinski definition) is 0. The minimum absolute atomic E-state index is 1.20. The van der Waals surface area contributed by atoms with Crippen molar-refractivity contribution in [3.63, 3.8) is 0 Å². The molecule has 0 aliphatic rings. The normalized spacial score (nSPS) is 12.4. The standard InChI is InChI=1S/C43H76N/c1-4-7-10-13-16-19-22-25-28-34-39-44(42-43-37-32-31-33-38-43,40-35-29-26-23-20-17-14-11-8-5-2)41-36-30-27-24-21-18-15-12-9-6-3/h19-24,31-33,37-38H,4-18,25-30,34-36,39-42H2,1-3H3/q+1/b22-19+,23-20+,24-21+. The molecule has 0 fully saturated rings. The van der Waals surface area contributed by atoms with Crippen molar-refractivity contribution in [1.29, 1.82) is 0 Å². The van der Waals surface area contributed by atoms with E-state index in [9.17, 15) is 0 Å². The molecule has 0 aromatic heterocycles. The van der Waals surface area contributed by atoms with Crippen LogP contribution >= 0.6 is 0 Å². The summed E-state index contributed by atoms with van der Waals surface area (Å²) in [7, 11) is 0. The van der Waals surface area contributed by atoms with E-state index >= 15 is 0 Å². The molecule has 0 N–H and O–H groups in total. The Morgan fingerprint density at radius 2 is 0.705 bits per heavy atom. The first-order valence-electron chi connectivity index (χ1n) is 19.6. The van der Waals surface area contributed by atoms with Gasteiger partial charge in [-0.25, -0.2) is 0 Å². The molecule has 0 bridgehead atoms. The molecule has 0 aliphatic carbocycles. The summed E-state index contributed by atoms with van der Waals surface area (Å²) in [5, 5.41) is 0. The van der Waals surface area contributed by atoms with Gasteiger partial charge in [0.1, 0.15) is 6.54 Å². The van der Waals surface area contributed by atoms with Crippen LogP contribution in [-0.2, 0) is 6.54 Å². The van der Waals surface area contributed by atoms with E-state index in [1.54, 1.807) is 0 Å². The van der Waals surface area contributed by atoms with Gasteiger partial charge in [0, 0.05) is 5.56 Å². The Hall–Kier alpha value is -1.60. The average Bonchev–Trinajstić information content (AvgIpc) is 3.04. The first-order valence-corrected chi connectivity index (χ1v) is 19.6. The Kier molecular flexibility index (Phi) is 28.8. The van der Waals surface area contributed by atoms with Crippen molar-refractivity contribution in [1.82, 2.24) is 0 Å². The third-order valence-electron chi connectivity index (χ3n) is 9.29. The van der Waals surface area contributed by atoms with Crippen molar-refractivity contribution in [3.05, 3.63) is 72.4 Å². The summed E-state index contributed by atoms with van der Waals surface area (Å²) >= 11 is 0. The second-order valence-corrected chi connectivity index (χ2v) is 13.6. The molecule has 0 radical (unpaired) electrons. The number of unbranched alkanes of at least 4 members (excludes halogenated alkanes) is 18. The van der Waals surface area contributed by atoms with Crippen LogP contribution in [0.2, 0.25) is 0 Å². The van der Waals surface area contributed by atoms with Crippen molar-refractivity contribution in [2.24, 2.45) is 0 Å². The van der Waals surface area contributed by atoms with E-state index in [1.807, 2.05) is 0 Å². The van der Waals surface area contributed by atoms with Gasteiger partial charge in [-0.05, 0) is 96.3 Å². The zero-order chi connectivity index (χ0) is 31.7. The molecular formula is C43H76N+. The topological polar surface area (TPSA) is 0 Å². The van der Waals surface area contributed by atoms with Crippen LogP contribution in [0.4, 0.5) is 0 Å². The number of hydrogen-bond donors (Lipinski definition) is 0. The fraction of sp³-hybridized carbons (Fsp3) is 0.721. The summed E-state index contributed by atoms with van der Waals surface area (Å²) < 4.78 is 1.28. The predicted octanol–water partition coefficient (Wildman–Crippen LogP) is 14.1. The van der Waals surface area contributed by atoms with E-state index in [1.165, 1.54) is 190 Å². The van der Waals surface area contributed by atoms with E-state index in [2.05, 4.69) is 87.6 Å². The SMILES string of the molecule is CCCCCC/C=C/CCCC[N+](CCCC/C=C/CCCCCC)(CCCC/C=C/CCCCCC)Cc1ccccc1. The minimum atomic E-state index is 1.20. The highest BCUT2D eigenvalue weighted by molar-refractivity contribution is 5.13. The summed E-state index contributed by atoms with van der Waals surface area (Å²) in [5.74, 6) is 0. The molecule has 0 saturated heterocycles. The molecule has 0 unspecified atom stereocenters. The van der Waals surface area contributed by atoms with Gasteiger partial charge in [-0.15, -0.1) is 0 Å². The molecule has 0 amide bonds. The Morgan fingerprint density at radius 1 is 0.386 bits per heavy atom. The van der Waals surface area contributed by atoms with Gasteiger partial charge in [0.25, 0.3) is 0 Å². The van der Waals surface area contributed by atoms with Crippen LogP contribution < -0.4 is 0 Å². The number of quaternary nitrogens is 1. The maximum atomic E-state index is 2.47. The Balaban J connectivity index is 2.68. The van der Waals surface area contributed by atoms with Crippen LogP contribution in [0.1, 0.15) is 180 Å². The number of allylic oxidation sites excluding steroid dienone is 6. The molecule has 1 aromatic rings. The molecule has 0 atom stereocenters. The zero-order valence-corrected chi connectivity index (χ0v) is 30.1. The molecule has 44 heavy (non-hydrogen) atoms. The molecule has 1 nitrogen and oxygen atoms in total. The summed E-state index contributed by atoms with van der Waals surface area (Å²) in [6, 6.07) is 11.4. The Morgan fingerprint density at radius 3 is 1.02 bits per heavy atom. The van der Waals surface area contributed by atoms with E-state index in [0.29, 0.717) is 0 Å². The Bertz CT molecular complexity index is 714. The molecule has 1 rings (SSSR count). The quantitative estimate of drug-likeness (QED) is 0.0435. The number of nitrogens with zero attached hydrogens (tertiary/aromatic N) is 1. The highest BCUT2D eigenvalue weighted by Gasteiger charge is 2.26. The molecule has 0 aliphatic heterocycles. The van der Waals surface area contributed by atoms with E-state index < -0.39 is 0 Å². The third kappa shape index (κ3) is 24.7. The third-order valence-corrected chi connectivity index (χ3v) is 9.29. The minimum Gasteiger partial charge on any atom is -0.320 e. The smallest absolute Gasteiger partial charge is 0.104 e. The van der Waals surface area contributed by atoms with Crippen LogP contribution in [-0.4, -0.2) is 24.1 Å². The molecule has 0 saturated carbocycles. The fourth-order valence-electron chi connectivity index (χ4n) is 6.45. The predicted molar refractivity (Wildman–Crippen MR) is 200 cm³/mol. The largest absolute Gasteiger partial charge is 0.320 e. The van der Waals surface area contributed by atoms with Gasteiger partial charge in [-0.2, -0.15) is 0 Å². The fourth-order valence-corrected chi connectivity index (χ4v) is 6.45. The summed E-state index contributed by atoms with van der Waals surface area (Å²) in [6.45, 7) is 12.1. The molecule has 1 heteroatoms. The van der Waals surface area contributed by atoms with Crippen molar-refractivity contribution < 1.29 is 4.48 Å². The van der Waals surface area contributed by atoms with Crippen molar-refractivity contribution in [2.75, 3.05) is 19.6 Å². The molecule has 0 heterocycles. The van der Waals surface area contributed by atoms with Gasteiger partial charge in [0.05, 0.1) is 19.6 Å². The lowest BCUT2D eigenvalue weighted by Crippen LogP contribution is -2.49. The molecule has 252 valence electrons. The van der Waals surface area contributed by atoms with Gasteiger partial charge in [0.2, 0.25) is 0 Å². The van der Waals surface area contributed by atoms with Crippen LogP contribution in [0.5, 0.6) is 0 Å². The van der Waals surface area contributed by atoms with Crippen molar-refractivity contribution >= 4 is 0 Å². The maximum absolute atomic E-state index is 2.47. The highest BCUT2D eigenvalue weighted by atomic mass is 15.3. The lowest BCUT2D eigenvalue weighted by molar-refractivity contribution is -0.941. The second-order valence-electron chi connectivity index (χ2n) is 13.6. The van der Waals surface area contributed by atoms with Crippen molar-refractivity contribution in [3.8, 4) is 0 Å². The van der Waals surface area contributed by atoms with E-state index in [-0.39, 0.29) is 0 Å². The average molecular weight is 607 g/mol. The first kappa shape index (κ1) is 40.4. The first-order chi connectivity index (χ1) is 21.8. The van der Waals surface area contributed by atoms with Crippen LogP contribution in [0.15, 0.2) is 66.8 Å². The lowest BCUT2D eigenvalue weighted by atomic mass is 10.1. The summed E-state index contributed by atoms with van der Waals surface area (Å²) in [5.41, 5.74) is 1.53. The highest BCUT2D eigenvalue weighted by Crippen LogP contribution is 2.22. The van der Waals surface area contributed by atoms with Crippen molar-refractivity contribution in [2.45, 2.75) is 181 Å². The van der Waals surface area contributed by atoms with Gasteiger partial charge in [0.15, 0.2) is 0 Å². The van der Waals surface area contributed by atoms with E-state index in [0.717, 1.165) is 0 Å². The van der Waals surface area contributed by atoms with Gasteiger partial charge < -0.3 is 4.48 Å². The zero-order valence-electron chi connectivity index (χ0n) is 30.1. The molecule has 1 aromatic carbocycles. The van der Waals surface area contributed by atoms with Crippen LogP contribution in [0, 0.1) is 0 Å².